The lowest BCUT2D eigenvalue weighted by Gasteiger charge is -2.26. The molecule has 0 aromatic heterocycles. The van der Waals surface area contributed by atoms with E-state index in [0.29, 0.717) is 17.8 Å². The van der Waals surface area contributed by atoms with E-state index in [0.717, 1.165) is 12.2 Å². The Balaban J connectivity index is 3.02. The first-order valence-electron chi connectivity index (χ1n) is 6.66. The molecule has 0 spiro atoms. The van der Waals surface area contributed by atoms with Crippen LogP contribution < -0.4 is 10.6 Å². The summed E-state index contributed by atoms with van der Waals surface area (Å²) in [4.78, 5) is 15.5. The highest BCUT2D eigenvalue weighted by molar-refractivity contribution is 5.95. The largest absolute Gasteiger partial charge is 0.397 e. The number of nitriles is 1. The minimum atomic E-state index is -0.0725. The second kappa shape index (κ2) is 6.80. The Morgan fingerprint density at radius 1 is 1.45 bits per heavy atom. The number of nitrogens with two attached hydrogens (primary N) is 1. The standard InChI is InChI=1S/C15H22N4O/c1-5-19(10-11(2)9-16)14-7-6-12(8-13(14)17)15(20)18(3)4/h6-8,11H,5,10,17H2,1-4H3. The van der Waals surface area contributed by atoms with Crippen LogP contribution in [-0.4, -0.2) is 38.0 Å². The van der Waals surface area contributed by atoms with Gasteiger partial charge in [0.05, 0.1) is 23.4 Å². The first kappa shape index (κ1) is 15.8. The van der Waals surface area contributed by atoms with Gasteiger partial charge < -0.3 is 15.5 Å². The van der Waals surface area contributed by atoms with Crippen LogP contribution in [0.4, 0.5) is 11.4 Å². The molecule has 1 atom stereocenters. The van der Waals surface area contributed by atoms with Crippen molar-refractivity contribution in [2.24, 2.45) is 5.92 Å². The molecular formula is C15H22N4O. The molecule has 108 valence electrons. The maximum absolute atomic E-state index is 11.9. The van der Waals surface area contributed by atoms with Gasteiger partial charge in [-0.15, -0.1) is 0 Å². The first-order chi connectivity index (χ1) is 9.40. The summed E-state index contributed by atoms with van der Waals surface area (Å²) in [5, 5.41) is 8.92. The Morgan fingerprint density at radius 3 is 2.55 bits per heavy atom. The van der Waals surface area contributed by atoms with Gasteiger partial charge in [0.1, 0.15) is 0 Å². The van der Waals surface area contributed by atoms with Crippen molar-refractivity contribution in [1.29, 1.82) is 5.26 Å². The summed E-state index contributed by atoms with van der Waals surface area (Å²) in [5.74, 6) is -0.144. The zero-order valence-corrected chi connectivity index (χ0v) is 12.6. The molecule has 5 nitrogen and oxygen atoms in total. The predicted octanol–water partition coefficient (Wildman–Crippen LogP) is 1.96. The van der Waals surface area contributed by atoms with E-state index in [-0.39, 0.29) is 11.8 Å². The molecule has 1 aromatic rings. The molecule has 0 bridgehead atoms. The van der Waals surface area contributed by atoms with E-state index in [9.17, 15) is 4.79 Å². The van der Waals surface area contributed by atoms with Crippen LogP contribution in [0.5, 0.6) is 0 Å². The van der Waals surface area contributed by atoms with Crippen molar-refractivity contribution in [3.8, 4) is 6.07 Å². The van der Waals surface area contributed by atoms with Crippen molar-refractivity contribution >= 4 is 17.3 Å². The van der Waals surface area contributed by atoms with Crippen molar-refractivity contribution in [3.05, 3.63) is 23.8 Å². The minimum Gasteiger partial charge on any atom is -0.397 e. The highest BCUT2D eigenvalue weighted by atomic mass is 16.2. The summed E-state index contributed by atoms with van der Waals surface area (Å²) in [6.07, 6.45) is 0. The third-order valence-electron chi connectivity index (χ3n) is 3.12. The normalized spacial score (nSPS) is 11.6. The van der Waals surface area contributed by atoms with Gasteiger partial charge in [0.25, 0.3) is 5.91 Å². The van der Waals surface area contributed by atoms with Gasteiger partial charge in [-0.2, -0.15) is 5.26 Å². The van der Waals surface area contributed by atoms with Gasteiger partial charge in [0, 0.05) is 32.7 Å². The molecule has 0 saturated carbocycles. The molecule has 1 amide bonds. The molecule has 5 heteroatoms. The molecule has 0 saturated heterocycles. The van der Waals surface area contributed by atoms with Crippen molar-refractivity contribution in [2.75, 3.05) is 37.8 Å². The Kier molecular flexibility index (Phi) is 5.39. The number of amides is 1. The monoisotopic (exact) mass is 274 g/mol. The van der Waals surface area contributed by atoms with Crippen molar-refractivity contribution in [1.82, 2.24) is 4.90 Å². The summed E-state index contributed by atoms with van der Waals surface area (Å²) < 4.78 is 0. The molecule has 0 fully saturated rings. The number of carbonyl (C=O) groups excluding carboxylic acids is 1. The molecule has 0 radical (unpaired) electrons. The van der Waals surface area contributed by atoms with Crippen LogP contribution in [0.2, 0.25) is 0 Å². The second-order valence-electron chi connectivity index (χ2n) is 5.04. The summed E-state index contributed by atoms with van der Waals surface area (Å²) in [5.41, 5.74) is 8.05. The van der Waals surface area contributed by atoms with Crippen molar-refractivity contribution < 1.29 is 4.79 Å². The summed E-state index contributed by atoms with van der Waals surface area (Å²) >= 11 is 0. The third-order valence-corrected chi connectivity index (χ3v) is 3.12. The second-order valence-corrected chi connectivity index (χ2v) is 5.04. The Bertz CT molecular complexity index is 519. The molecule has 1 aromatic carbocycles. The van der Waals surface area contributed by atoms with Gasteiger partial charge in [0.15, 0.2) is 0 Å². The van der Waals surface area contributed by atoms with Crippen LogP contribution in [0.15, 0.2) is 18.2 Å². The Morgan fingerprint density at radius 2 is 2.10 bits per heavy atom. The molecule has 1 rings (SSSR count). The van der Waals surface area contributed by atoms with E-state index in [1.807, 2.05) is 24.8 Å². The van der Waals surface area contributed by atoms with Crippen molar-refractivity contribution in [2.45, 2.75) is 13.8 Å². The van der Waals surface area contributed by atoms with Crippen LogP contribution >= 0.6 is 0 Å². The number of rotatable bonds is 5. The van der Waals surface area contributed by atoms with E-state index in [1.54, 1.807) is 26.2 Å². The smallest absolute Gasteiger partial charge is 0.253 e. The Hall–Kier alpha value is -2.22. The Labute approximate surface area is 120 Å². The minimum absolute atomic E-state index is 0.0718. The highest BCUT2D eigenvalue weighted by Crippen LogP contribution is 2.25. The summed E-state index contributed by atoms with van der Waals surface area (Å²) in [6, 6.07) is 7.53. The number of nitrogen functional groups attached to an aromatic ring is 1. The average molecular weight is 274 g/mol. The summed E-state index contributed by atoms with van der Waals surface area (Å²) in [7, 11) is 3.42. The molecular weight excluding hydrogens is 252 g/mol. The first-order valence-corrected chi connectivity index (χ1v) is 6.66. The van der Waals surface area contributed by atoms with Gasteiger partial charge in [-0.25, -0.2) is 0 Å². The fourth-order valence-electron chi connectivity index (χ4n) is 2.00. The fourth-order valence-corrected chi connectivity index (χ4v) is 2.00. The van der Waals surface area contributed by atoms with Crippen LogP contribution in [0.1, 0.15) is 24.2 Å². The lowest BCUT2D eigenvalue weighted by atomic mass is 10.1. The number of carbonyl (C=O) groups is 1. The lowest BCUT2D eigenvalue weighted by Crippen LogP contribution is -2.29. The number of anilines is 2. The number of benzene rings is 1. The molecule has 0 aliphatic rings. The van der Waals surface area contributed by atoms with Gasteiger partial charge in [0.2, 0.25) is 0 Å². The SMILES string of the molecule is CCN(CC(C)C#N)c1ccc(C(=O)N(C)C)cc1N. The average Bonchev–Trinajstić information content (AvgIpc) is 2.43. The van der Waals surface area contributed by atoms with Gasteiger partial charge in [-0.05, 0) is 32.0 Å². The predicted molar refractivity (Wildman–Crippen MR) is 81.5 cm³/mol. The number of hydrogen-bond donors (Lipinski definition) is 1. The van der Waals surface area contributed by atoms with Crippen LogP contribution in [0.25, 0.3) is 0 Å². The van der Waals surface area contributed by atoms with E-state index in [1.165, 1.54) is 4.90 Å². The maximum atomic E-state index is 11.9. The van der Waals surface area contributed by atoms with E-state index < -0.39 is 0 Å². The van der Waals surface area contributed by atoms with E-state index >= 15 is 0 Å². The maximum Gasteiger partial charge on any atom is 0.253 e. The van der Waals surface area contributed by atoms with Crippen molar-refractivity contribution in [3.63, 3.8) is 0 Å². The highest BCUT2D eigenvalue weighted by Gasteiger charge is 2.14. The molecule has 0 aliphatic heterocycles. The quantitative estimate of drug-likeness (QED) is 0.833. The molecule has 2 N–H and O–H groups in total. The topological polar surface area (TPSA) is 73.4 Å². The molecule has 0 aliphatic carbocycles. The molecule has 1 unspecified atom stereocenters. The van der Waals surface area contributed by atoms with E-state index in [4.69, 9.17) is 11.0 Å². The zero-order chi connectivity index (χ0) is 15.3. The fraction of sp³-hybridized carbons (Fsp3) is 0.467. The number of hydrogen-bond acceptors (Lipinski definition) is 4. The van der Waals surface area contributed by atoms with Gasteiger partial charge in [-0.1, -0.05) is 0 Å². The molecule has 20 heavy (non-hydrogen) atoms. The lowest BCUT2D eigenvalue weighted by molar-refractivity contribution is 0.0827. The van der Waals surface area contributed by atoms with Gasteiger partial charge >= 0.3 is 0 Å². The molecule has 0 heterocycles. The van der Waals surface area contributed by atoms with E-state index in [2.05, 4.69) is 6.07 Å². The van der Waals surface area contributed by atoms with Crippen LogP contribution in [0, 0.1) is 17.2 Å². The number of nitrogens with zero attached hydrogens (tertiary/aromatic N) is 3. The summed E-state index contributed by atoms with van der Waals surface area (Å²) in [6.45, 7) is 5.28. The third kappa shape index (κ3) is 3.64. The van der Waals surface area contributed by atoms with Gasteiger partial charge in [-0.3, -0.25) is 4.79 Å². The van der Waals surface area contributed by atoms with Crippen LogP contribution in [0.3, 0.4) is 0 Å². The van der Waals surface area contributed by atoms with Crippen LogP contribution in [-0.2, 0) is 0 Å². The zero-order valence-electron chi connectivity index (χ0n) is 12.6.